The van der Waals surface area contributed by atoms with Crippen LogP contribution in [-0.4, -0.2) is 10.00 Å². The Bertz CT molecular complexity index is 388. The summed E-state index contributed by atoms with van der Waals surface area (Å²) in [5.41, 5.74) is 1.24. The van der Waals surface area contributed by atoms with Crippen LogP contribution in [-0.2, 0) is 0 Å². The molecule has 0 N–H and O–H groups in total. The minimum absolute atomic E-state index is 0.00847. The minimum atomic E-state index is -0.126. The van der Waals surface area contributed by atoms with E-state index in [1.165, 1.54) is 0 Å². The van der Waals surface area contributed by atoms with Crippen molar-refractivity contribution in [2.24, 2.45) is 0 Å². The molecule has 0 spiro atoms. The summed E-state index contributed by atoms with van der Waals surface area (Å²) in [6, 6.07) is 3.79. The zero-order valence-corrected chi connectivity index (χ0v) is 9.54. The molecular weight excluding hydrogens is 300 g/mol. The Morgan fingerprint density at radius 2 is 2.31 bits per heavy atom. The summed E-state index contributed by atoms with van der Waals surface area (Å²) in [5, 5.41) is 8.68. The normalized spacial score (nSPS) is 24.7. The molecule has 0 amide bonds. The van der Waals surface area contributed by atoms with Crippen LogP contribution in [0.1, 0.15) is 16.1 Å². The molecule has 66 valence electrons. The fourth-order valence-electron chi connectivity index (χ4n) is 1.23. The van der Waals surface area contributed by atoms with E-state index < -0.39 is 0 Å². The number of hydrogen-bond acceptors (Lipinski definition) is 3. The van der Waals surface area contributed by atoms with Crippen LogP contribution < -0.4 is 4.74 Å². The van der Waals surface area contributed by atoms with E-state index in [0.29, 0.717) is 5.69 Å². The first kappa shape index (κ1) is 8.97. The van der Waals surface area contributed by atoms with Crippen LogP contribution in [0.25, 0.3) is 0 Å². The van der Waals surface area contributed by atoms with Crippen molar-refractivity contribution in [3.05, 3.63) is 23.5 Å². The summed E-state index contributed by atoms with van der Waals surface area (Å²) in [7, 11) is 0. The van der Waals surface area contributed by atoms with Gasteiger partial charge in [-0.2, -0.15) is 5.26 Å². The second-order valence-electron chi connectivity index (χ2n) is 2.55. The summed E-state index contributed by atoms with van der Waals surface area (Å²) >= 11 is 6.77. The predicted molar refractivity (Wildman–Crippen MR) is 54.0 cm³/mol. The van der Waals surface area contributed by atoms with Crippen LogP contribution in [0.15, 0.2) is 12.3 Å². The zero-order chi connectivity index (χ0) is 9.42. The van der Waals surface area contributed by atoms with Crippen molar-refractivity contribution in [3.63, 3.8) is 0 Å². The molecule has 0 aliphatic carbocycles. The van der Waals surface area contributed by atoms with Crippen LogP contribution >= 0.6 is 31.9 Å². The Hall–Kier alpha value is -0.600. The molecule has 0 unspecified atom stereocenters. The van der Waals surface area contributed by atoms with Gasteiger partial charge in [0, 0.05) is 11.8 Å². The maximum absolute atomic E-state index is 8.80. The van der Waals surface area contributed by atoms with Gasteiger partial charge in [0.1, 0.15) is 17.5 Å². The summed E-state index contributed by atoms with van der Waals surface area (Å²) in [6.45, 7) is 0. The Morgan fingerprint density at radius 1 is 1.54 bits per heavy atom. The smallest absolute Gasteiger partial charge is 0.170 e. The standard InChI is InChI=1S/C8H4Br2N2O/c9-7-6-4(3-11)12-2-1-5(6)13-8(7)10/h1-2,7-8H/t7-,8-/m1/s1. The number of alkyl halides is 2. The third-order valence-electron chi connectivity index (χ3n) is 1.80. The molecule has 5 heteroatoms. The molecule has 0 bridgehead atoms. The molecule has 1 aromatic rings. The lowest BCUT2D eigenvalue weighted by Crippen LogP contribution is -2.04. The molecule has 13 heavy (non-hydrogen) atoms. The van der Waals surface area contributed by atoms with Gasteiger partial charge in [0.2, 0.25) is 0 Å². The molecule has 1 aliphatic heterocycles. The van der Waals surface area contributed by atoms with Gasteiger partial charge in [0.25, 0.3) is 0 Å². The molecule has 0 saturated heterocycles. The van der Waals surface area contributed by atoms with Crippen molar-refractivity contribution in [1.29, 1.82) is 5.26 Å². The monoisotopic (exact) mass is 302 g/mol. The molecule has 1 aromatic heterocycles. The average Bonchev–Trinajstić information content (AvgIpc) is 2.43. The van der Waals surface area contributed by atoms with E-state index in [1.807, 2.05) is 6.07 Å². The first-order valence-electron chi connectivity index (χ1n) is 3.58. The SMILES string of the molecule is N#Cc1nccc2c1[C@@H](Br)[C@H](Br)O2. The Balaban J connectivity index is 2.59. The lowest BCUT2D eigenvalue weighted by Gasteiger charge is -2.03. The second kappa shape index (κ2) is 3.28. The van der Waals surface area contributed by atoms with Gasteiger partial charge in [-0.25, -0.2) is 4.98 Å². The van der Waals surface area contributed by atoms with Crippen LogP contribution in [0, 0.1) is 11.3 Å². The number of halogens is 2. The third kappa shape index (κ3) is 1.34. The van der Waals surface area contributed by atoms with E-state index in [-0.39, 0.29) is 9.84 Å². The molecule has 2 rings (SSSR count). The molecule has 0 fully saturated rings. The molecule has 0 saturated carbocycles. The average molecular weight is 304 g/mol. The van der Waals surface area contributed by atoms with Crippen LogP contribution in [0.4, 0.5) is 0 Å². The Morgan fingerprint density at radius 3 is 3.00 bits per heavy atom. The molecule has 0 radical (unpaired) electrons. The van der Waals surface area contributed by atoms with Crippen molar-refractivity contribution in [2.75, 3.05) is 0 Å². The van der Waals surface area contributed by atoms with Gasteiger partial charge >= 0.3 is 0 Å². The van der Waals surface area contributed by atoms with Gasteiger partial charge in [0.05, 0.1) is 4.83 Å². The summed E-state index contributed by atoms with van der Waals surface area (Å²) in [6.07, 6.45) is 1.57. The number of nitriles is 1. The van der Waals surface area contributed by atoms with Crippen molar-refractivity contribution in [2.45, 2.75) is 9.84 Å². The first-order valence-corrected chi connectivity index (χ1v) is 5.41. The fraction of sp³-hybridized carbons (Fsp3) is 0.250. The van der Waals surface area contributed by atoms with Gasteiger partial charge in [0.15, 0.2) is 5.01 Å². The molecule has 0 aromatic carbocycles. The first-order chi connectivity index (χ1) is 6.24. The van der Waals surface area contributed by atoms with Gasteiger partial charge < -0.3 is 4.74 Å². The summed E-state index contributed by atoms with van der Waals surface area (Å²) < 4.78 is 5.44. The van der Waals surface area contributed by atoms with Crippen LogP contribution in [0.3, 0.4) is 0 Å². The van der Waals surface area contributed by atoms with Crippen LogP contribution in [0.2, 0.25) is 0 Å². The molecule has 3 nitrogen and oxygen atoms in total. The predicted octanol–water partition coefficient (Wildman–Crippen LogP) is 2.50. The number of pyridine rings is 1. The van der Waals surface area contributed by atoms with Crippen molar-refractivity contribution < 1.29 is 4.74 Å². The summed E-state index contributed by atoms with van der Waals surface area (Å²) in [4.78, 5) is 3.95. The molecular formula is C8H4Br2N2O. The molecule has 2 heterocycles. The third-order valence-corrected chi connectivity index (χ3v) is 4.16. The van der Waals surface area contributed by atoms with E-state index in [1.54, 1.807) is 12.3 Å². The fourth-order valence-corrected chi connectivity index (χ4v) is 2.24. The van der Waals surface area contributed by atoms with Crippen molar-refractivity contribution in [1.82, 2.24) is 4.98 Å². The molecule has 2 atom stereocenters. The number of nitrogens with zero attached hydrogens (tertiary/aromatic N) is 2. The number of ether oxygens (including phenoxy) is 1. The highest BCUT2D eigenvalue weighted by Crippen LogP contribution is 2.45. The topological polar surface area (TPSA) is 45.9 Å². The maximum atomic E-state index is 8.80. The number of fused-ring (bicyclic) bond motifs is 1. The van der Waals surface area contributed by atoms with Gasteiger partial charge in [-0.15, -0.1) is 0 Å². The van der Waals surface area contributed by atoms with Crippen molar-refractivity contribution in [3.8, 4) is 11.8 Å². The van der Waals surface area contributed by atoms with E-state index in [2.05, 4.69) is 36.8 Å². The quantitative estimate of drug-likeness (QED) is 0.692. The van der Waals surface area contributed by atoms with E-state index in [0.717, 1.165) is 11.3 Å². The lowest BCUT2D eigenvalue weighted by molar-refractivity contribution is 0.328. The maximum Gasteiger partial charge on any atom is 0.170 e. The molecule has 1 aliphatic rings. The highest BCUT2D eigenvalue weighted by Gasteiger charge is 2.33. The van der Waals surface area contributed by atoms with Gasteiger partial charge in [-0.05, 0) is 22.0 Å². The summed E-state index contributed by atoms with van der Waals surface area (Å²) in [5.74, 6) is 0.718. The van der Waals surface area contributed by atoms with Crippen molar-refractivity contribution >= 4 is 31.9 Å². The Kier molecular flexibility index (Phi) is 2.26. The van der Waals surface area contributed by atoms with E-state index in [4.69, 9.17) is 10.00 Å². The zero-order valence-electron chi connectivity index (χ0n) is 6.37. The van der Waals surface area contributed by atoms with Gasteiger partial charge in [-0.1, -0.05) is 15.9 Å². The second-order valence-corrected chi connectivity index (χ2v) is 4.44. The number of aromatic nitrogens is 1. The number of rotatable bonds is 0. The highest BCUT2D eigenvalue weighted by molar-refractivity contribution is 9.12. The number of hydrogen-bond donors (Lipinski definition) is 0. The van der Waals surface area contributed by atoms with Gasteiger partial charge in [-0.3, -0.25) is 0 Å². The minimum Gasteiger partial charge on any atom is -0.477 e. The van der Waals surface area contributed by atoms with E-state index in [9.17, 15) is 0 Å². The highest BCUT2D eigenvalue weighted by atomic mass is 79.9. The Labute approximate surface area is 92.0 Å². The lowest BCUT2D eigenvalue weighted by atomic mass is 10.1. The van der Waals surface area contributed by atoms with E-state index >= 15 is 0 Å². The van der Waals surface area contributed by atoms with Crippen LogP contribution in [0.5, 0.6) is 5.75 Å². The largest absolute Gasteiger partial charge is 0.477 e.